The van der Waals surface area contributed by atoms with Gasteiger partial charge in [-0.15, -0.1) is 0 Å². The van der Waals surface area contributed by atoms with E-state index in [1.807, 2.05) is 13.8 Å². The maximum atomic E-state index is 12.8. The SMILES string of the molecule is CCC(=O)[C@H](CCN)NC(=O)[C@@H](NC(=O)[C@H](CCN)NC(=O)[C@@H](O)[C@@H](N)CC(C)C)C(C)O. The minimum Gasteiger partial charge on any atom is -0.391 e. The van der Waals surface area contributed by atoms with Gasteiger partial charge in [-0.05, 0) is 45.2 Å². The fourth-order valence-electron chi connectivity index (χ4n) is 3.21. The third-order valence-corrected chi connectivity index (χ3v) is 5.08. The molecule has 33 heavy (non-hydrogen) atoms. The first kappa shape index (κ1) is 30.9. The molecule has 6 atom stereocenters. The van der Waals surface area contributed by atoms with E-state index in [2.05, 4.69) is 16.0 Å². The van der Waals surface area contributed by atoms with E-state index in [0.29, 0.717) is 6.42 Å². The topological polar surface area (TPSA) is 223 Å². The lowest BCUT2D eigenvalue weighted by atomic mass is 9.99. The predicted octanol–water partition coefficient (Wildman–Crippen LogP) is -2.77. The van der Waals surface area contributed by atoms with E-state index in [1.54, 1.807) is 6.92 Å². The van der Waals surface area contributed by atoms with Crippen molar-refractivity contribution in [3.05, 3.63) is 0 Å². The van der Waals surface area contributed by atoms with Crippen molar-refractivity contribution in [2.45, 2.75) is 89.8 Å². The second-order valence-electron chi connectivity index (χ2n) is 8.56. The molecule has 0 aromatic heterocycles. The van der Waals surface area contributed by atoms with E-state index in [9.17, 15) is 29.4 Å². The second-order valence-corrected chi connectivity index (χ2v) is 8.56. The number of carbonyl (C=O) groups excluding carboxylic acids is 4. The van der Waals surface area contributed by atoms with Crippen molar-refractivity contribution in [3.8, 4) is 0 Å². The molecule has 0 aliphatic rings. The fraction of sp³-hybridized carbons (Fsp3) is 0.810. The molecule has 11 N–H and O–H groups in total. The van der Waals surface area contributed by atoms with Crippen LogP contribution in [0.2, 0.25) is 0 Å². The van der Waals surface area contributed by atoms with Crippen LogP contribution in [0.5, 0.6) is 0 Å². The Labute approximate surface area is 195 Å². The minimum absolute atomic E-state index is 0.0159. The van der Waals surface area contributed by atoms with Gasteiger partial charge in [0.15, 0.2) is 5.78 Å². The van der Waals surface area contributed by atoms with Crippen molar-refractivity contribution >= 4 is 23.5 Å². The smallest absolute Gasteiger partial charge is 0.251 e. The first-order chi connectivity index (χ1) is 15.4. The standard InChI is InChI=1S/C21H42N6O6/c1-5-16(29)14(6-8-22)25-20(32)17(12(4)28)27-19(31)15(7-9-23)26-21(33)18(30)13(24)10-11(2)3/h11-15,17-18,28,30H,5-10,22-24H2,1-4H3,(H,25,32)(H,26,33)(H,27,31)/t12?,13-,14-,15-,17-,18-/m0/s1. The van der Waals surface area contributed by atoms with E-state index in [4.69, 9.17) is 17.2 Å². The Kier molecular flexibility index (Phi) is 14.7. The molecule has 0 aliphatic heterocycles. The molecule has 0 aromatic carbocycles. The number of aliphatic hydroxyl groups is 2. The molecule has 0 rings (SSSR count). The van der Waals surface area contributed by atoms with Gasteiger partial charge in [0.05, 0.1) is 12.1 Å². The van der Waals surface area contributed by atoms with Crippen LogP contribution in [-0.2, 0) is 19.2 Å². The average Bonchev–Trinajstić information content (AvgIpc) is 2.74. The summed E-state index contributed by atoms with van der Waals surface area (Å²) in [5, 5.41) is 27.5. The highest BCUT2D eigenvalue weighted by Gasteiger charge is 2.33. The van der Waals surface area contributed by atoms with Gasteiger partial charge in [0.1, 0.15) is 18.2 Å². The number of hydrogen-bond acceptors (Lipinski definition) is 9. The Hall–Kier alpha value is -2.12. The lowest BCUT2D eigenvalue weighted by Crippen LogP contribution is -2.60. The van der Waals surface area contributed by atoms with E-state index < -0.39 is 54.1 Å². The van der Waals surface area contributed by atoms with Gasteiger partial charge in [0.2, 0.25) is 11.8 Å². The summed E-state index contributed by atoms with van der Waals surface area (Å²) in [4.78, 5) is 49.9. The van der Waals surface area contributed by atoms with Crippen LogP contribution in [0.1, 0.15) is 53.4 Å². The van der Waals surface area contributed by atoms with Crippen molar-refractivity contribution in [2.24, 2.45) is 23.1 Å². The predicted molar refractivity (Wildman–Crippen MR) is 124 cm³/mol. The Morgan fingerprint density at radius 1 is 0.818 bits per heavy atom. The van der Waals surface area contributed by atoms with Gasteiger partial charge in [-0.2, -0.15) is 0 Å². The van der Waals surface area contributed by atoms with Crippen LogP contribution in [0.4, 0.5) is 0 Å². The quantitative estimate of drug-likeness (QED) is 0.116. The number of aliphatic hydroxyl groups excluding tert-OH is 2. The Balaban J connectivity index is 5.34. The Morgan fingerprint density at radius 2 is 1.33 bits per heavy atom. The average molecular weight is 475 g/mol. The molecule has 0 fully saturated rings. The minimum atomic E-state index is -1.53. The first-order valence-electron chi connectivity index (χ1n) is 11.3. The number of hydrogen-bond donors (Lipinski definition) is 8. The summed E-state index contributed by atoms with van der Waals surface area (Å²) in [6.07, 6.45) is -2.03. The molecule has 12 nitrogen and oxygen atoms in total. The van der Waals surface area contributed by atoms with Gasteiger partial charge in [-0.25, -0.2) is 0 Å². The van der Waals surface area contributed by atoms with Crippen LogP contribution < -0.4 is 33.2 Å². The molecule has 0 heterocycles. The third kappa shape index (κ3) is 11.0. The lowest BCUT2D eigenvalue weighted by molar-refractivity contribution is -0.137. The van der Waals surface area contributed by atoms with Crippen LogP contribution in [0.15, 0.2) is 0 Å². The normalized spacial score (nSPS) is 16.8. The molecular weight excluding hydrogens is 432 g/mol. The van der Waals surface area contributed by atoms with Gasteiger partial charge in [0, 0.05) is 12.5 Å². The summed E-state index contributed by atoms with van der Waals surface area (Å²) in [6.45, 7) is 6.92. The molecule has 0 spiro atoms. The molecule has 0 bridgehead atoms. The highest BCUT2D eigenvalue weighted by Crippen LogP contribution is 2.07. The third-order valence-electron chi connectivity index (χ3n) is 5.08. The zero-order chi connectivity index (χ0) is 25.7. The number of ketones is 1. The van der Waals surface area contributed by atoms with E-state index in [-0.39, 0.29) is 44.1 Å². The van der Waals surface area contributed by atoms with Crippen molar-refractivity contribution in [1.29, 1.82) is 0 Å². The Bertz CT molecular complexity index is 645. The second kappa shape index (κ2) is 15.7. The van der Waals surface area contributed by atoms with E-state index >= 15 is 0 Å². The molecule has 0 aromatic rings. The van der Waals surface area contributed by atoms with Crippen LogP contribution in [0, 0.1) is 5.92 Å². The number of amides is 3. The Morgan fingerprint density at radius 3 is 1.79 bits per heavy atom. The maximum Gasteiger partial charge on any atom is 0.251 e. The molecule has 0 aliphatic carbocycles. The zero-order valence-corrected chi connectivity index (χ0v) is 20.0. The number of carbonyl (C=O) groups is 4. The van der Waals surface area contributed by atoms with Crippen molar-refractivity contribution in [3.63, 3.8) is 0 Å². The lowest BCUT2D eigenvalue weighted by Gasteiger charge is -2.27. The highest BCUT2D eigenvalue weighted by molar-refractivity contribution is 5.95. The van der Waals surface area contributed by atoms with Crippen molar-refractivity contribution in [2.75, 3.05) is 13.1 Å². The van der Waals surface area contributed by atoms with Gasteiger partial charge in [0.25, 0.3) is 5.91 Å². The van der Waals surface area contributed by atoms with Crippen LogP contribution in [0.25, 0.3) is 0 Å². The molecular formula is C21H42N6O6. The summed E-state index contributed by atoms with van der Waals surface area (Å²) < 4.78 is 0. The maximum absolute atomic E-state index is 12.8. The fourth-order valence-corrected chi connectivity index (χ4v) is 3.21. The first-order valence-corrected chi connectivity index (χ1v) is 11.3. The molecule has 0 saturated heterocycles. The van der Waals surface area contributed by atoms with Crippen LogP contribution in [0.3, 0.4) is 0 Å². The number of nitrogens with one attached hydrogen (secondary N) is 3. The molecule has 0 radical (unpaired) electrons. The number of Topliss-reactive ketones (excluding diaryl/α,β-unsaturated/α-hetero) is 1. The summed E-state index contributed by atoms with van der Waals surface area (Å²) >= 11 is 0. The van der Waals surface area contributed by atoms with Crippen molar-refractivity contribution < 1.29 is 29.4 Å². The molecule has 3 amide bonds. The summed E-state index contributed by atoms with van der Waals surface area (Å²) in [5.74, 6) is -2.47. The highest BCUT2D eigenvalue weighted by atomic mass is 16.3. The summed E-state index contributed by atoms with van der Waals surface area (Å²) in [5.41, 5.74) is 16.9. The van der Waals surface area contributed by atoms with E-state index in [0.717, 1.165) is 0 Å². The molecule has 1 unspecified atom stereocenters. The molecule has 0 saturated carbocycles. The van der Waals surface area contributed by atoms with Crippen LogP contribution >= 0.6 is 0 Å². The largest absolute Gasteiger partial charge is 0.391 e. The van der Waals surface area contributed by atoms with Gasteiger partial charge in [-0.3, -0.25) is 19.2 Å². The summed E-state index contributed by atoms with van der Waals surface area (Å²) in [7, 11) is 0. The number of rotatable bonds is 16. The van der Waals surface area contributed by atoms with E-state index in [1.165, 1.54) is 6.92 Å². The monoisotopic (exact) mass is 474 g/mol. The van der Waals surface area contributed by atoms with Crippen LogP contribution in [-0.4, -0.2) is 83.2 Å². The summed E-state index contributed by atoms with van der Waals surface area (Å²) in [6, 6.07) is -4.23. The van der Waals surface area contributed by atoms with Gasteiger partial charge < -0.3 is 43.4 Å². The van der Waals surface area contributed by atoms with Crippen molar-refractivity contribution in [1.82, 2.24) is 16.0 Å². The van der Waals surface area contributed by atoms with Gasteiger partial charge in [-0.1, -0.05) is 20.8 Å². The zero-order valence-electron chi connectivity index (χ0n) is 20.0. The van der Waals surface area contributed by atoms with Gasteiger partial charge >= 0.3 is 0 Å². The number of nitrogens with two attached hydrogens (primary N) is 3. The molecule has 192 valence electrons. The molecule has 12 heteroatoms.